The molecule has 0 aromatic heterocycles. The van der Waals surface area contributed by atoms with Crippen LogP contribution in [0.25, 0.3) is 0 Å². The molecule has 3 nitrogen and oxygen atoms in total. The second kappa shape index (κ2) is 5.61. The van der Waals surface area contributed by atoms with E-state index < -0.39 is 5.97 Å². The van der Waals surface area contributed by atoms with E-state index in [4.69, 9.17) is 5.11 Å². The molecule has 2 N–H and O–H groups in total. The van der Waals surface area contributed by atoms with Gasteiger partial charge in [0.1, 0.15) is 0 Å². The first-order chi connectivity index (χ1) is 8.17. The number of nitrogens with one attached hydrogen (secondary N) is 1. The highest BCUT2D eigenvalue weighted by Crippen LogP contribution is 2.39. The maximum absolute atomic E-state index is 10.9. The molecule has 0 radical (unpaired) electrons. The predicted octanol–water partition coefficient (Wildman–Crippen LogP) is 2.51. The van der Waals surface area contributed by atoms with Gasteiger partial charge in [-0.05, 0) is 31.9 Å². The Hall–Kier alpha value is -0.220. The van der Waals surface area contributed by atoms with Crippen molar-refractivity contribution in [3.05, 3.63) is 0 Å². The zero-order chi connectivity index (χ0) is 12.3. The Kier molecular flexibility index (Phi) is 4.36. The van der Waals surface area contributed by atoms with E-state index in [0.717, 1.165) is 19.4 Å². The van der Waals surface area contributed by atoms with Crippen molar-refractivity contribution < 1.29 is 9.90 Å². The number of hydrogen-bond donors (Lipinski definition) is 2. The molecule has 2 fully saturated rings. The van der Waals surface area contributed by atoms with E-state index in [1.54, 1.807) is 0 Å². The minimum atomic E-state index is -0.629. The number of carboxylic acid groups (broad SMARTS) is 1. The molecular formula is C13H23NO2S. The average Bonchev–Trinajstić information content (AvgIpc) is 2.28. The van der Waals surface area contributed by atoms with Gasteiger partial charge in [-0.3, -0.25) is 4.79 Å². The average molecular weight is 257 g/mol. The van der Waals surface area contributed by atoms with Gasteiger partial charge in [0.05, 0.1) is 5.92 Å². The van der Waals surface area contributed by atoms with E-state index in [1.807, 2.05) is 11.8 Å². The fraction of sp³-hybridized carbons (Fsp3) is 0.923. The van der Waals surface area contributed by atoms with E-state index in [0.29, 0.717) is 4.75 Å². The van der Waals surface area contributed by atoms with Gasteiger partial charge in [-0.25, -0.2) is 0 Å². The number of carbonyl (C=O) groups is 1. The first-order valence-electron chi connectivity index (χ1n) is 6.68. The van der Waals surface area contributed by atoms with Crippen LogP contribution < -0.4 is 5.32 Å². The number of thioether (sulfide) groups is 1. The third kappa shape index (κ3) is 2.97. The highest BCUT2D eigenvalue weighted by molar-refractivity contribution is 8.00. The van der Waals surface area contributed by atoms with Crippen LogP contribution in [-0.4, -0.2) is 34.7 Å². The molecule has 0 amide bonds. The van der Waals surface area contributed by atoms with Gasteiger partial charge in [-0.2, -0.15) is 11.8 Å². The summed E-state index contributed by atoms with van der Waals surface area (Å²) < 4.78 is 0.372. The molecule has 0 aliphatic heterocycles. The molecule has 17 heavy (non-hydrogen) atoms. The van der Waals surface area contributed by atoms with E-state index in [9.17, 15) is 4.79 Å². The predicted molar refractivity (Wildman–Crippen MR) is 71.5 cm³/mol. The molecule has 0 spiro atoms. The number of carboxylic acids is 1. The van der Waals surface area contributed by atoms with Crippen LogP contribution in [0, 0.1) is 5.92 Å². The maximum atomic E-state index is 10.9. The highest BCUT2D eigenvalue weighted by atomic mass is 32.2. The first kappa shape index (κ1) is 13.2. The molecule has 2 saturated carbocycles. The van der Waals surface area contributed by atoms with Gasteiger partial charge in [-0.1, -0.05) is 19.3 Å². The summed E-state index contributed by atoms with van der Waals surface area (Å²) in [5, 5.41) is 12.5. The van der Waals surface area contributed by atoms with Crippen molar-refractivity contribution in [3.63, 3.8) is 0 Å². The van der Waals surface area contributed by atoms with Crippen LogP contribution in [0.15, 0.2) is 0 Å². The van der Waals surface area contributed by atoms with Gasteiger partial charge in [0.2, 0.25) is 0 Å². The number of hydrogen-bond acceptors (Lipinski definition) is 3. The molecular weight excluding hydrogens is 234 g/mol. The van der Waals surface area contributed by atoms with Crippen molar-refractivity contribution in [1.82, 2.24) is 5.32 Å². The number of rotatable bonds is 5. The molecule has 0 heterocycles. The lowest BCUT2D eigenvalue weighted by molar-refractivity contribution is -0.146. The molecule has 2 rings (SSSR count). The molecule has 98 valence electrons. The fourth-order valence-corrected chi connectivity index (χ4v) is 3.93. The largest absolute Gasteiger partial charge is 0.481 e. The molecule has 0 aromatic carbocycles. The van der Waals surface area contributed by atoms with Crippen molar-refractivity contribution >= 4 is 17.7 Å². The Bertz CT molecular complexity index is 277. The normalized spacial score (nSPS) is 31.8. The molecule has 2 aliphatic carbocycles. The monoisotopic (exact) mass is 257 g/mol. The van der Waals surface area contributed by atoms with Gasteiger partial charge in [0, 0.05) is 17.3 Å². The van der Waals surface area contributed by atoms with Gasteiger partial charge in [0.15, 0.2) is 0 Å². The van der Waals surface area contributed by atoms with Crippen LogP contribution in [0.2, 0.25) is 0 Å². The fourth-order valence-electron chi connectivity index (χ4n) is 3.01. The molecule has 0 saturated heterocycles. The highest BCUT2D eigenvalue weighted by Gasteiger charge is 2.38. The van der Waals surface area contributed by atoms with Crippen molar-refractivity contribution in [2.75, 3.05) is 12.8 Å². The van der Waals surface area contributed by atoms with Crippen LogP contribution in [0.1, 0.15) is 44.9 Å². The van der Waals surface area contributed by atoms with Crippen molar-refractivity contribution in [2.45, 2.75) is 55.7 Å². The molecule has 2 atom stereocenters. The Morgan fingerprint density at radius 2 is 2.06 bits per heavy atom. The van der Waals surface area contributed by atoms with E-state index in [1.165, 1.54) is 32.1 Å². The van der Waals surface area contributed by atoms with Gasteiger partial charge >= 0.3 is 5.97 Å². The molecule has 2 aliphatic rings. The summed E-state index contributed by atoms with van der Waals surface area (Å²) in [5.41, 5.74) is 0. The molecule has 4 heteroatoms. The van der Waals surface area contributed by atoms with E-state index >= 15 is 0 Å². The summed E-state index contributed by atoms with van der Waals surface area (Å²) in [6.45, 7) is 0.989. The number of aliphatic carboxylic acids is 1. The van der Waals surface area contributed by atoms with E-state index in [2.05, 4.69) is 11.6 Å². The van der Waals surface area contributed by atoms with Gasteiger partial charge in [-0.15, -0.1) is 0 Å². The standard InChI is InChI=1S/C13H23NO2S/c1-17-13(7-3-2-4-8-13)9-14-11-6-5-10(11)12(15)16/h10-11,14H,2-9H2,1H3,(H,15,16). The summed E-state index contributed by atoms with van der Waals surface area (Å²) in [4.78, 5) is 10.9. The maximum Gasteiger partial charge on any atom is 0.308 e. The minimum Gasteiger partial charge on any atom is -0.481 e. The minimum absolute atomic E-state index is 0.141. The first-order valence-corrected chi connectivity index (χ1v) is 7.91. The summed E-state index contributed by atoms with van der Waals surface area (Å²) in [7, 11) is 0. The van der Waals surface area contributed by atoms with Gasteiger partial charge < -0.3 is 10.4 Å². The molecule has 2 unspecified atom stereocenters. The third-order valence-corrected chi connectivity index (χ3v) is 5.89. The Labute approximate surface area is 108 Å². The van der Waals surface area contributed by atoms with Crippen LogP contribution in [0.4, 0.5) is 0 Å². The quantitative estimate of drug-likeness (QED) is 0.794. The Morgan fingerprint density at radius 1 is 1.35 bits per heavy atom. The van der Waals surface area contributed by atoms with Crippen LogP contribution in [-0.2, 0) is 4.79 Å². The van der Waals surface area contributed by atoms with Crippen LogP contribution in [0.3, 0.4) is 0 Å². The second-order valence-corrected chi connectivity index (χ2v) is 6.73. The van der Waals surface area contributed by atoms with Crippen molar-refractivity contribution in [1.29, 1.82) is 0 Å². The smallest absolute Gasteiger partial charge is 0.308 e. The molecule has 0 aromatic rings. The summed E-state index contributed by atoms with van der Waals surface area (Å²) >= 11 is 1.97. The van der Waals surface area contributed by atoms with Gasteiger partial charge in [0.25, 0.3) is 0 Å². The zero-order valence-corrected chi connectivity index (χ0v) is 11.4. The van der Waals surface area contributed by atoms with E-state index in [-0.39, 0.29) is 12.0 Å². The van der Waals surface area contributed by atoms with Crippen molar-refractivity contribution in [2.24, 2.45) is 5.92 Å². The van der Waals surface area contributed by atoms with Crippen molar-refractivity contribution in [3.8, 4) is 0 Å². The zero-order valence-electron chi connectivity index (χ0n) is 10.6. The Balaban J connectivity index is 1.81. The third-order valence-electron chi connectivity index (χ3n) is 4.48. The lowest BCUT2D eigenvalue weighted by atomic mass is 9.79. The second-order valence-electron chi connectivity index (χ2n) is 5.46. The lowest BCUT2D eigenvalue weighted by Crippen LogP contribution is -2.52. The molecule has 0 bridgehead atoms. The summed E-state index contributed by atoms with van der Waals surface area (Å²) in [6, 6.07) is 0.221. The summed E-state index contributed by atoms with van der Waals surface area (Å²) in [5.74, 6) is -0.770. The van der Waals surface area contributed by atoms with Crippen LogP contribution in [0.5, 0.6) is 0 Å². The lowest BCUT2D eigenvalue weighted by Gasteiger charge is -2.41. The van der Waals surface area contributed by atoms with Crippen LogP contribution >= 0.6 is 11.8 Å². The topological polar surface area (TPSA) is 49.3 Å². The summed E-state index contributed by atoms with van der Waals surface area (Å²) in [6.07, 6.45) is 10.7. The Morgan fingerprint density at radius 3 is 2.53 bits per heavy atom. The SMILES string of the molecule is CSC1(CNC2CCC2C(=O)O)CCCCC1.